The Morgan fingerprint density at radius 1 is 0.650 bits per heavy atom. The minimum Gasteiger partial charge on any atom is -0.281 e. The van der Waals surface area contributed by atoms with E-state index >= 15 is 0 Å². The van der Waals surface area contributed by atoms with E-state index in [1.54, 1.807) is 0 Å². The van der Waals surface area contributed by atoms with E-state index in [1.165, 1.54) is 51.4 Å². The molecule has 0 aliphatic heterocycles. The standard InChI is InChI=1S/C15H20N2O3/c18-15(19-16-13(9-1-2-9)10-3-4-10)20-17-14(11-5-6-11)12-7-8-12/h9-12H,1-8H2. The maximum Gasteiger partial charge on any atom is 0.562 e. The van der Waals surface area contributed by atoms with Gasteiger partial charge in [0, 0.05) is 23.7 Å². The summed E-state index contributed by atoms with van der Waals surface area (Å²) >= 11 is 0. The van der Waals surface area contributed by atoms with Gasteiger partial charge in [0.25, 0.3) is 0 Å². The molecule has 4 rings (SSSR count). The normalized spacial score (nSPS) is 24.8. The van der Waals surface area contributed by atoms with Gasteiger partial charge in [-0.05, 0) is 51.4 Å². The van der Waals surface area contributed by atoms with Gasteiger partial charge in [0.1, 0.15) is 0 Å². The molecule has 20 heavy (non-hydrogen) atoms. The zero-order valence-electron chi connectivity index (χ0n) is 11.6. The molecule has 5 heteroatoms. The molecule has 0 heterocycles. The molecule has 5 nitrogen and oxygen atoms in total. The molecule has 0 aromatic rings. The second kappa shape index (κ2) is 4.86. The van der Waals surface area contributed by atoms with Crippen molar-refractivity contribution in [2.24, 2.45) is 34.0 Å². The van der Waals surface area contributed by atoms with Crippen molar-refractivity contribution in [3.05, 3.63) is 0 Å². The lowest BCUT2D eigenvalue weighted by Crippen LogP contribution is -2.10. The van der Waals surface area contributed by atoms with E-state index in [0.717, 1.165) is 11.4 Å². The van der Waals surface area contributed by atoms with Crippen LogP contribution in [-0.4, -0.2) is 17.6 Å². The number of hydrogen-bond donors (Lipinski definition) is 0. The van der Waals surface area contributed by atoms with Gasteiger partial charge in [0.15, 0.2) is 0 Å². The molecule has 4 fully saturated rings. The molecule has 4 saturated carbocycles. The number of carbonyl (C=O) groups is 1. The fourth-order valence-electron chi connectivity index (χ4n) is 2.68. The van der Waals surface area contributed by atoms with E-state index in [1.807, 2.05) is 0 Å². The van der Waals surface area contributed by atoms with Gasteiger partial charge >= 0.3 is 6.16 Å². The van der Waals surface area contributed by atoms with Gasteiger partial charge in [0.2, 0.25) is 0 Å². The second-order valence-electron chi connectivity index (χ2n) is 6.56. The largest absolute Gasteiger partial charge is 0.562 e. The lowest BCUT2D eigenvalue weighted by atomic mass is 10.2. The van der Waals surface area contributed by atoms with Crippen molar-refractivity contribution in [2.75, 3.05) is 0 Å². The van der Waals surface area contributed by atoms with Crippen molar-refractivity contribution in [3.63, 3.8) is 0 Å². The summed E-state index contributed by atoms with van der Waals surface area (Å²) in [5.41, 5.74) is 2.13. The third-order valence-corrected chi connectivity index (χ3v) is 4.43. The van der Waals surface area contributed by atoms with Crippen LogP contribution < -0.4 is 0 Å². The second-order valence-corrected chi connectivity index (χ2v) is 6.56. The zero-order valence-corrected chi connectivity index (χ0v) is 11.6. The Bertz CT molecular complexity index is 400. The molecule has 0 radical (unpaired) electrons. The molecule has 0 amide bonds. The van der Waals surface area contributed by atoms with Crippen LogP contribution in [0.25, 0.3) is 0 Å². The molecule has 0 N–H and O–H groups in total. The van der Waals surface area contributed by atoms with E-state index in [0.29, 0.717) is 23.7 Å². The number of nitrogens with zero attached hydrogens (tertiary/aromatic N) is 2. The number of hydrogen-bond acceptors (Lipinski definition) is 5. The molecule has 0 spiro atoms. The van der Waals surface area contributed by atoms with Gasteiger partial charge in [-0.25, -0.2) is 0 Å². The van der Waals surface area contributed by atoms with Crippen molar-refractivity contribution in [3.8, 4) is 0 Å². The van der Waals surface area contributed by atoms with E-state index in [9.17, 15) is 4.79 Å². The van der Waals surface area contributed by atoms with Crippen molar-refractivity contribution in [2.45, 2.75) is 51.4 Å². The number of oxime groups is 2. The minimum absolute atomic E-state index is 0.548. The third kappa shape index (κ3) is 3.02. The lowest BCUT2D eigenvalue weighted by Gasteiger charge is -2.03. The maximum atomic E-state index is 11.6. The Morgan fingerprint density at radius 2 is 0.950 bits per heavy atom. The van der Waals surface area contributed by atoms with Crippen molar-refractivity contribution < 1.29 is 14.5 Å². The summed E-state index contributed by atoms with van der Waals surface area (Å²) < 4.78 is 0. The van der Waals surface area contributed by atoms with E-state index in [-0.39, 0.29) is 0 Å². The van der Waals surface area contributed by atoms with Crippen LogP contribution in [0.1, 0.15) is 51.4 Å². The highest BCUT2D eigenvalue weighted by atomic mass is 16.8. The van der Waals surface area contributed by atoms with Crippen LogP contribution in [0.15, 0.2) is 10.3 Å². The predicted octanol–water partition coefficient (Wildman–Crippen LogP) is 3.49. The smallest absolute Gasteiger partial charge is 0.281 e. The van der Waals surface area contributed by atoms with Crippen molar-refractivity contribution >= 4 is 17.6 Å². The molecule has 108 valence electrons. The first-order chi connectivity index (χ1) is 9.81. The Morgan fingerprint density at radius 3 is 1.20 bits per heavy atom. The van der Waals surface area contributed by atoms with Gasteiger partial charge in [-0.1, -0.05) is 10.3 Å². The first-order valence-electron chi connectivity index (χ1n) is 7.85. The molecule has 0 saturated heterocycles. The van der Waals surface area contributed by atoms with Gasteiger partial charge in [-0.2, -0.15) is 4.79 Å². The monoisotopic (exact) mass is 276 g/mol. The van der Waals surface area contributed by atoms with Gasteiger partial charge in [-0.3, -0.25) is 9.68 Å². The highest BCUT2D eigenvalue weighted by Gasteiger charge is 2.40. The van der Waals surface area contributed by atoms with Crippen molar-refractivity contribution in [1.29, 1.82) is 0 Å². The number of carbonyl (C=O) groups excluding carboxylic acids is 1. The van der Waals surface area contributed by atoms with Crippen LogP contribution in [0.2, 0.25) is 0 Å². The fraction of sp³-hybridized carbons (Fsp3) is 0.800. The highest BCUT2D eigenvalue weighted by Crippen LogP contribution is 2.43. The molecule has 0 bridgehead atoms. The predicted molar refractivity (Wildman–Crippen MR) is 73.3 cm³/mol. The zero-order chi connectivity index (χ0) is 13.5. The summed E-state index contributed by atoms with van der Waals surface area (Å²) in [4.78, 5) is 21.3. The van der Waals surface area contributed by atoms with Crippen LogP contribution in [-0.2, 0) is 9.68 Å². The SMILES string of the molecule is O=C(ON=C(C1CC1)C1CC1)ON=C(C1CC1)C1CC1. The summed E-state index contributed by atoms with van der Waals surface area (Å²) in [6.45, 7) is 0. The highest BCUT2D eigenvalue weighted by molar-refractivity contribution is 5.93. The summed E-state index contributed by atoms with van der Waals surface area (Å²) in [7, 11) is 0. The van der Waals surface area contributed by atoms with Crippen LogP contribution in [0.3, 0.4) is 0 Å². The fourth-order valence-corrected chi connectivity index (χ4v) is 2.68. The quantitative estimate of drug-likeness (QED) is 0.424. The van der Waals surface area contributed by atoms with Crippen LogP contribution in [0.4, 0.5) is 4.79 Å². The third-order valence-electron chi connectivity index (χ3n) is 4.43. The summed E-state index contributed by atoms with van der Waals surface area (Å²) in [5, 5.41) is 8.04. The Balaban J connectivity index is 1.31. The Labute approximate surface area is 118 Å². The van der Waals surface area contributed by atoms with Crippen molar-refractivity contribution in [1.82, 2.24) is 0 Å². The average Bonchev–Trinajstić information content (AvgIpc) is 3.23. The van der Waals surface area contributed by atoms with E-state index < -0.39 is 6.16 Å². The minimum atomic E-state index is -0.789. The molecule has 0 unspecified atom stereocenters. The Hall–Kier alpha value is -1.39. The Kier molecular flexibility index (Phi) is 3.00. The lowest BCUT2D eigenvalue weighted by molar-refractivity contribution is 0.0586. The van der Waals surface area contributed by atoms with Crippen LogP contribution >= 0.6 is 0 Å². The topological polar surface area (TPSA) is 60.2 Å². The molecule has 4 aliphatic rings. The molecule has 0 aromatic heterocycles. The molecule has 0 aromatic carbocycles. The maximum absolute atomic E-state index is 11.6. The van der Waals surface area contributed by atoms with Crippen LogP contribution in [0.5, 0.6) is 0 Å². The van der Waals surface area contributed by atoms with Gasteiger partial charge in [0.05, 0.1) is 11.4 Å². The summed E-state index contributed by atoms with van der Waals surface area (Å²) in [6, 6.07) is 0. The summed E-state index contributed by atoms with van der Waals surface area (Å²) in [6.07, 6.45) is 8.65. The van der Waals surface area contributed by atoms with Crippen LogP contribution in [0, 0.1) is 23.7 Å². The molecule has 0 atom stereocenters. The average molecular weight is 276 g/mol. The van der Waals surface area contributed by atoms with Gasteiger partial charge in [-0.15, -0.1) is 0 Å². The molecular weight excluding hydrogens is 256 g/mol. The number of rotatable bonds is 6. The van der Waals surface area contributed by atoms with E-state index in [2.05, 4.69) is 10.3 Å². The molecular formula is C15H20N2O3. The molecule has 4 aliphatic carbocycles. The van der Waals surface area contributed by atoms with E-state index in [4.69, 9.17) is 9.68 Å². The summed E-state index contributed by atoms with van der Waals surface area (Å²) in [5.74, 6) is 2.19. The van der Waals surface area contributed by atoms with Gasteiger partial charge < -0.3 is 0 Å². The first kappa shape index (κ1) is 12.4. The first-order valence-corrected chi connectivity index (χ1v) is 7.85.